The zero-order valence-corrected chi connectivity index (χ0v) is 12.2. The smallest absolute Gasteiger partial charge is 0.129 e. The molecule has 3 N–H and O–H groups in total. The van der Waals surface area contributed by atoms with E-state index >= 15 is 0 Å². The number of hydrogen-bond donors (Lipinski definition) is 2. The predicted octanol–water partition coefficient (Wildman–Crippen LogP) is 3.03. The minimum absolute atomic E-state index is 0.190. The first-order valence-electron chi connectivity index (χ1n) is 5.86. The maximum atomic E-state index is 13.8. The van der Waals surface area contributed by atoms with Crippen molar-refractivity contribution in [3.8, 4) is 0 Å². The van der Waals surface area contributed by atoms with Gasteiger partial charge < -0.3 is 10.8 Å². The lowest BCUT2D eigenvalue weighted by molar-refractivity contribution is 0.0243. The average molecular weight is 343 g/mol. The van der Waals surface area contributed by atoms with E-state index in [1.165, 1.54) is 13.1 Å². The van der Waals surface area contributed by atoms with Gasteiger partial charge in [-0.25, -0.2) is 8.78 Å². The van der Waals surface area contributed by atoms with Crippen molar-refractivity contribution < 1.29 is 13.9 Å². The van der Waals surface area contributed by atoms with Gasteiger partial charge in [0.05, 0.1) is 6.04 Å². The maximum Gasteiger partial charge on any atom is 0.129 e. The Kier molecular flexibility index (Phi) is 4.17. The molecule has 6 heteroatoms. The van der Waals surface area contributed by atoms with Crippen LogP contribution < -0.4 is 5.73 Å². The highest BCUT2D eigenvalue weighted by Crippen LogP contribution is 2.35. The van der Waals surface area contributed by atoms with E-state index < -0.39 is 23.3 Å². The Hall–Kier alpha value is -1.37. The molecule has 2 unspecified atom stereocenters. The largest absolute Gasteiger partial charge is 0.383 e. The summed E-state index contributed by atoms with van der Waals surface area (Å²) >= 11 is 3.25. The number of rotatable bonds is 3. The van der Waals surface area contributed by atoms with Gasteiger partial charge in [-0.2, -0.15) is 0 Å². The molecule has 106 valence electrons. The average Bonchev–Trinajstić information content (AvgIpc) is 2.40. The summed E-state index contributed by atoms with van der Waals surface area (Å²) in [4.78, 5) is 3.95. The molecule has 0 spiro atoms. The van der Waals surface area contributed by atoms with Crippen LogP contribution in [0, 0.1) is 11.6 Å². The van der Waals surface area contributed by atoms with Crippen molar-refractivity contribution in [3.05, 3.63) is 63.9 Å². The molecule has 2 atom stereocenters. The number of nitrogens with two attached hydrogens (primary N) is 1. The highest BCUT2D eigenvalue weighted by Gasteiger charge is 2.35. The number of aromatic nitrogens is 1. The van der Waals surface area contributed by atoms with Crippen molar-refractivity contribution in [1.29, 1.82) is 0 Å². The summed E-state index contributed by atoms with van der Waals surface area (Å²) in [6, 6.07) is 3.61. The minimum Gasteiger partial charge on any atom is -0.383 e. The summed E-state index contributed by atoms with van der Waals surface area (Å²) < 4.78 is 27.8. The lowest BCUT2D eigenvalue weighted by Crippen LogP contribution is -2.36. The zero-order valence-electron chi connectivity index (χ0n) is 10.6. The minimum atomic E-state index is -1.77. The molecule has 1 heterocycles. The third-order valence-corrected chi connectivity index (χ3v) is 3.60. The molecule has 0 fully saturated rings. The Labute approximate surface area is 123 Å². The molecule has 2 aromatic rings. The van der Waals surface area contributed by atoms with E-state index in [0.29, 0.717) is 10.0 Å². The van der Waals surface area contributed by atoms with Gasteiger partial charge in [-0.15, -0.1) is 0 Å². The molecule has 20 heavy (non-hydrogen) atoms. The van der Waals surface area contributed by atoms with Crippen LogP contribution in [0.4, 0.5) is 8.78 Å². The van der Waals surface area contributed by atoms with E-state index in [1.807, 2.05) is 0 Å². The summed E-state index contributed by atoms with van der Waals surface area (Å²) in [7, 11) is 0. The third kappa shape index (κ3) is 2.87. The molecule has 0 amide bonds. The van der Waals surface area contributed by atoms with Crippen LogP contribution in [-0.2, 0) is 5.60 Å². The van der Waals surface area contributed by atoms with Crippen LogP contribution in [0.2, 0.25) is 0 Å². The molecular weight excluding hydrogens is 330 g/mol. The van der Waals surface area contributed by atoms with E-state index in [4.69, 9.17) is 5.73 Å². The third-order valence-electron chi connectivity index (χ3n) is 3.16. The number of hydrogen-bond acceptors (Lipinski definition) is 3. The fourth-order valence-electron chi connectivity index (χ4n) is 1.98. The molecular formula is C14H13BrF2N2O. The Balaban J connectivity index is 2.46. The second kappa shape index (κ2) is 5.55. The maximum absolute atomic E-state index is 13.8. The van der Waals surface area contributed by atoms with Gasteiger partial charge in [0.25, 0.3) is 0 Å². The van der Waals surface area contributed by atoms with Gasteiger partial charge in [0.15, 0.2) is 0 Å². The second-order valence-electron chi connectivity index (χ2n) is 4.69. The molecule has 2 rings (SSSR count). The summed E-state index contributed by atoms with van der Waals surface area (Å²) in [6.07, 6.45) is 3.04. The molecule has 0 aliphatic rings. The first kappa shape index (κ1) is 15.0. The molecule has 0 aliphatic heterocycles. The van der Waals surface area contributed by atoms with E-state index in [9.17, 15) is 13.9 Å². The highest BCUT2D eigenvalue weighted by atomic mass is 79.9. The van der Waals surface area contributed by atoms with Crippen LogP contribution in [0.5, 0.6) is 0 Å². The number of nitrogens with zero attached hydrogens (tertiary/aromatic N) is 1. The summed E-state index contributed by atoms with van der Waals surface area (Å²) in [6.45, 7) is 1.34. The van der Waals surface area contributed by atoms with Gasteiger partial charge in [-0.3, -0.25) is 4.98 Å². The molecule has 0 aliphatic carbocycles. The van der Waals surface area contributed by atoms with Gasteiger partial charge >= 0.3 is 0 Å². The van der Waals surface area contributed by atoms with Gasteiger partial charge in [-0.05, 0) is 52.7 Å². The van der Waals surface area contributed by atoms with Gasteiger partial charge in [0.1, 0.15) is 17.2 Å². The van der Waals surface area contributed by atoms with Crippen molar-refractivity contribution >= 4 is 15.9 Å². The number of aliphatic hydroxyl groups is 1. The van der Waals surface area contributed by atoms with Crippen LogP contribution in [0.1, 0.15) is 24.1 Å². The lowest BCUT2D eigenvalue weighted by Gasteiger charge is -2.31. The van der Waals surface area contributed by atoms with E-state index in [1.54, 1.807) is 12.3 Å². The number of benzene rings is 1. The van der Waals surface area contributed by atoms with Crippen molar-refractivity contribution in [1.82, 2.24) is 4.98 Å². The van der Waals surface area contributed by atoms with E-state index in [2.05, 4.69) is 20.9 Å². The van der Waals surface area contributed by atoms with Crippen molar-refractivity contribution in [3.63, 3.8) is 0 Å². The summed E-state index contributed by atoms with van der Waals surface area (Å²) in [5, 5.41) is 10.5. The monoisotopic (exact) mass is 342 g/mol. The predicted molar refractivity (Wildman–Crippen MR) is 74.8 cm³/mol. The lowest BCUT2D eigenvalue weighted by atomic mass is 9.85. The van der Waals surface area contributed by atoms with Crippen LogP contribution >= 0.6 is 15.9 Å². The highest BCUT2D eigenvalue weighted by molar-refractivity contribution is 9.10. The van der Waals surface area contributed by atoms with Gasteiger partial charge in [-0.1, -0.05) is 0 Å². The molecule has 1 aromatic carbocycles. The molecule has 3 nitrogen and oxygen atoms in total. The van der Waals surface area contributed by atoms with Crippen LogP contribution in [0.15, 0.2) is 41.1 Å². The normalized spacial score (nSPS) is 15.7. The first-order valence-corrected chi connectivity index (χ1v) is 6.65. The molecule has 0 saturated carbocycles. The zero-order chi connectivity index (χ0) is 14.9. The van der Waals surface area contributed by atoms with Crippen LogP contribution in [0.3, 0.4) is 0 Å². The fraction of sp³-hybridized carbons (Fsp3) is 0.214. The Morgan fingerprint density at radius 1 is 1.30 bits per heavy atom. The molecule has 0 saturated heterocycles. The topological polar surface area (TPSA) is 59.1 Å². The Morgan fingerprint density at radius 2 is 2.00 bits per heavy atom. The Morgan fingerprint density at radius 3 is 2.65 bits per heavy atom. The van der Waals surface area contributed by atoms with Crippen molar-refractivity contribution in [2.45, 2.75) is 18.6 Å². The van der Waals surface area contributed by atoms with Gasteiger partial charge in [0, 0.05) is 22.4 Å². The Bertz CT molecular complexity index is 634. The number of halogens is 3. The van der Waals surface area contributed by atoms with Crippen molar-refractivity contribution in [2.24, 2.45) is 5.73 Å². The second-order valence-corrected chi connectivity index (χ2v) is 5.60. The summed E-state index contributed by atoms with van der Waals surface area (Å²) in [5.41, 5.74) is 4.54. The molecule has 1 aromatic heterocycles. The SMILES string of the molecule is CC(O)(c1cc(F)ccc1F)C(N)c1cncc(Br)c1. The summed E-state index contributed by atoms with van der Waals surface area (Å²) in [5.74, 6) is -1.35. The first-order chi connectivity index (χ1) is 9.32. The van der Waals surface area contributed by atoms with Gasteiger partial charge in [0.2, 0.25) is 0 Å². The molecule has 0 radical (unpaired) electrons. The number of pyridine rings is 1. The van der Waals surface area contributed by atoms with Crippen LogP contribution in [0.25, 0.3) is 0 Å². The molecule has 0 bridgehead atoms. The van der Waals surface area contributed by atoms with Crippen LogP contribution in [-0.4, -0.2) is 10.1 Å². The van der Waals surface area contributed by atoms with Crippen molar-refractivity contribution in [2.75, 3.05) is 0 Å². The fourth-order valence-corrected chi connectivity index (χ4v) is 2.36. The standard InChI is InChI=1S/C14H13BrF2N2O/c1-14(20,11-5-10(16)2-3-12(11)17)13(18)8-4-9(15)7-19-6-8/h2-7,13,20H,18H2,1H3. The van der Waals surface area contributed by atoms with E-state index in [0.717, 1.165) is 18.2 Å². The quantitative estimate of drug-likeness (QED) is 0.901. The van der Waals surface area contributed by atoms with E-state index in [-0.39, 0.29) is 5.56 Å².